The average molecular weight is 408 g/mol. The maximum Gasteiger partial charge on any atom is 0.274 e. The fourth-order valence-electron chi connectivity index (χ4n) is 4.65. The normalized spacial score (nSPS) is 19.1. The Bertz CT molecular complexity index is 809. The highest BCUT2D eigenvalue weighted by Crippen LogP contribution is 2.25. The van der Waals surface area contributed by atoms with Gasteiger partial charge in [0.25, 0.3) is 5.91 Å². The summed E-state index contributed by atoms with van der Waals surface area (Å²) in [5.41, 5.74) is 1.87. The van der Waals surface area contributed by atoms with Crippen LogP contribution in [0.3, 0.4) is 0 Å². The van der Waals surface area contributed by atoms with Gasteiger partial charge in [-0.25, -0.2) is 0 Å². The molecule has 0 aliphatic carbocycles. The van der Waals surface area contributed by atoms with E-state index in [1.165, 1.54) is 5.56 Å². The molecule has 0 radical (unpaired) electrons. The number of rotatable bonds is 5. The molecule has 0 spiro atoms. The Balaban J connectivity index is 1.30. The smallest absolute Gasteiger partial charge is 0.274 e. The van der Waals surface area contributed by atoms with Crippen LogP contribution in [0.4, 0.5) is 5.82 Å². The summed E-state index contributed by atoms with van der Waals surface area (Å²) in [6, 6.07) is 14.8. The quantitative estimate of drug-likeness (QED) is 0.762. The van der Waals surface area contributed by atoms with Crippen LogP contribution in [0.2, 0.25) is 0 Å². The van der Waals surface area contributed by atoms with E-state index in [1.54, 1.807) is 0 Å². The highest BCUT2D eigenvalue weighted by Gasteiger charge is 2.26. The summed E-state index contributed by atoms with van der Waals surface area (Å²) in [6.45, 7) is 4.06. The van der Waals surface area contributed by atoms with Gasteiger partial charge < -0.3 is 14.7 Å². The summed E-state index contributed by atoms with van der Waals surface area (Å²) < 4.78 is 0. The lowest BCUT2D eigenvalue weighted by Gasteiger charge is -2.35. The van der Waals surface area contributed by atoms with Crippen molar-refractivity contribution in [2.45, 2.75) is 38.1 Å². The number of amides is 1. The Morgan fingerprint density at radius 1 is 0.967 bits per heavy atom. The summed E-state index contributed by atoms with van der Waals surface area (Å²) in [5.74, 6) is 1.58. The van der Waals surface area contributed by atoms with Gasteiger partial charge in [0.2, 0.25) is 0 Å². The topological polar surface area (TPSA) is 52.6 Å². The van der Waals surface area contributed by atoms with Crippen LogP contribution in [0.25, 0.3) is 0 Å². The standard InChI is InChI=1S/C24H33N5O/c1-27-14-12-21(13-15-27)28(2)24(30)22-8-9-23(26-25-22)29-16-10-20(11-17-29)18-19-6-4-3-5-7-19/h3-9,20-21H,10-18H2,1-2H3. The van der Waals surface area contributed by atoms with Gasteiger partial charge in [-0.3, -0.25) is 4.79 Å². The monoisotopic (exact) mass is 407 g/mol. The number of likely N-dealkylation sites (tertiary alicyclic amines) is 1. The predicted molar refractivity (Wildman–Crippen MR) is 120 cm³/mol. The highest BCUT2D eigenvalue weighted by molar-refractivity contribution is 5.92. The van der Waals surface area contributed by atoms with Gasteiger partial charge in [-0.05, 0) is 75.9 Å². The van der Waals surface area contributed by atoms with E-state index >= 15 is 0 Å². The third-order valence-corrected chi connectivity index (χ3v) is 6.73. The van der Waals surface area contributed by atoms with Crippen LogP contribution in [-0.4, -0.2) is 72.2 Å². The lowest BCUT2D eigenvalue weighted by Crippen LogP contribution is -2.44. The number of benzene rings is 1. The fraction of sp³-hybridized carbons (Fsp3) is 0.542. The van der Waals surface area contributed by atoms with Crippen LogP contribution in [0.1, 0.15) is 41.7 Å². The summed E-state index contributed by atoms with van der Waals surface area (Å²) in [5, 5.41) is 8.67. The molecular weight excluding hydrogens is 374 g/mol. The van der Waals surface area contributed by atoms with Gasteiger partial charge in [0.05, 0.1) is 0 Å². The molecule has 0 unspecified atom stereocenters. The molecule has 6 heteroatoms. The van der Waals surface area contributed by atoms with E-state index in [1.807, 2.05) is 24.1 Å². The fourth-order valence-corrected chi connectivity index (χ4v) is 4.65. The zero-order chi connectivity index (χ0) is 20.9. The molecule has 2 aromatic rings. The second-order valence-corrected chi connectivity index (χ2v) is 8.85. The molecule has 1 aromatic carbocycles. The van der Waals surface area contributed by atoms with E-state index in [-0.39, 0.29) is 5.91 Å². The van der Waals surface area contributed by atoms with Crippen molar-refractivity contribution in [3.05, 3.63) is 53.7 Å². The molecule has 0 atom stereocenters. The number of carbonyl (C=O) groups is 1. The Kier molecular flexibility index (Phi) is 6.62. The van der Waals surface area contributed by atoms with Gasteiger partial charge in [0, 0.05) is 26.2 Å². The number of hydrogen-bond donors (Lipinski definition) is 0. The van der Waals surface area contributed by atoms with Crippen LogP contribution >= 0.6 is 0 Å². The van der Waals surface area contributed by atoms with Crippen molar-refractivity contribution in [3.8, 4) is 0 Å². The first kappa shape index (κ1) is 20.8. The van der Waals surface area contributed by atoms with Crippen LogP contribution in [-0.2, 0) is 6.42 Å². The SMILES string of the molecule is CN1CCC(N(C)C(=O)c2ccc(N3CCC(Cc4ccccc4)CC3)nn2)CC1. The molecule has 0 bridgehead atoms. The zero-order valence-electron chi connectivity index (χ0n) is 18.2. The van der Waals surface area contributed by atoms with Crippen molar-refractivity contribution in [3.63, 3.8) is 0 Å². The molecule has 0 N–H and O–H groups in total. The van der Waals surface area contributed by atoms with Crippen molar-refractivity contribution in [2.75, 3.05) is 45.2 Å². The molecule has 2 aliphatic rings. The van der Waals surface area contributed by atoms with Gasteiger partial charge in [0.15, 0.2) is 11.5 Å². The van der Waals surface area contributed by atoms with Gasteiger partial charge in [-0.2, -0.15) is 0 Å². The average Bonchev–Trinajstić information content (AvgIpc) is 2.80. The Morgan fingerprint density at radius 2 is 1.67 bits per heavy atom. The molecule has 3 heterocycles. The molecule has 160 valence electrons. The maximum atomic E-state index is 12.8. The third-order valence-electron chi connectivity index (χ3n) is 6.73. The van der Waals surface area contributed by atoms with E-state index in [9.17, 15) is 4.79 Å². The summed E-state index contributed by atoms with van der Waals surface area (Å²) in [6.07, 6.45) is 5.51. The van der Waals surface area contributed by atoms with Gasteiger partial charge in [-0.15, -0.1) is 10.2 Å². The van der Waals surface area contributed by atoms with E-state index in [4.69, 9.17) is 0 Å². The first-order chi connectivity index (χ1) is 14.6. The Morgan fingerprint density at radius 3 is 2.30 bits per heavy atom. The molecular formula is C24H33N5O. The minimum Gasteiger partial charge on any atom is -0.355 e. The number of nitrogens with zero attached hydrogens (tertiary/aromatic N) is 5. The van der Waals surface area contributed by atoms with E-state index in [0.29, 0.717) is 11.7 Å². The largest absolute Gasteiger partial charge is 0.355 e. The lowest BCUT2D eigenvalue weighted by atomic mass is 9.90. The Hall–Kier alpha value is -2.47. The van der Waals surface area contributed by atoms with Gasteiger partial charge >= 0.3 is 0 Å². The lowest BCUT2D eigenvalue weighted by molar-refractivity contribution is 0.0652. The van der Waals surface area contributed by atoms with Crippen LogP contribution in [0, 0.1) is 5.92 Å². The minimum atomic E-state index is -0.0230. The molecule has 6 nitrogen and oxygen atoms in total. The second-order valence-electron chi connectivity index (χ2n) is 8.85. The van der Waals surface area contributed by atoms with Crippen LogP contribution in [0.15, 0.2) is 42.5 Å². The molecule has 0 saturated carbocycles. The first-order valence-corrected chi connectivity index (χ1v) is 11.2. The zero-order valence-corrected chi connectivity index (χ0v) is 18.2. The van der Waals surface area contributed by atoms with Gasteiger partial charge in [0.1, 0.15) is 0 Å². The number of carbonyl (C=O) groups excluding carboxylic acids is 1. The summed E-state index contributed by atoms with van der Waals surface area (Å²) in [7, 11) is 4.03. The van der Waals surface area contributed by atoms with E-state index in [0.717, 1.165) is 70.0 Å². The Labute approximate surface area is 179 Å². The number of anilines is 1. The maximum absolute atomic E-state index is 12.8. The van der Waals surface area contributed by atoms with Crippen molar-refractivity contribution < 1.29 is 4.79 Å². The van der Waals surface area contributed by atoms with E-state index < -0.39 is 0 Å². The van der Waals surface area contributed by atoms with Crippen molar-refractivity contribution in [2.24, 2.45) is 5.92 Å². The number of aromatic nitrogens is 2. The van der Waals surface area contributed by atoms with Gasteiger partial charge in [-0.1, -0.05) is 30.3 Å². The van der Waals surface area contributed by atoms with E-state index in [2.05, 4.69) is 57.4 Å². The van der Waals surface area contributed by atoms with Crippen molar-refractivity contribution in [1.82, 2.24) is 20.0 Å². The number of piperidine rings is 2. The summed E-state index contributed by atoms with van der Waals surface area (Å²) in [4.78, 5) is 19.3. The minimum absolute atomic E-state index is 0.0230. The molecule has 2 aliphatic heterocycles. The van der Waals surface area contributed by atoms with Crippen LogP contribution in [0.5, 0.6) is 0 Å². The molecule has 1 amide bonds. The number of hydrogen-bond acceptors (Lipinski definition) is 5. The summed E-state index contributed by atoms with van der Waals surface area (Å²) >= 11 is 0. The van der Waals surface area contributed by atoms with Crippen molar-refractivity contribution in [1.29, 1.82) is 0 Å². The molecule has 2 saturated heterocycles. The molecule has 1 aromatic heterocycles. The van der Waals surface area contributed by atoms with Crippen LogP contribution < -0.4 is 4.90 Å². The molecule has 30 heavy (non-hydrogen) atoms. The molecule has 4 rings (SSSR count). The van der Waals surface area contributed by atoms with Crippen molar-refractivity contribution >= 4 is 11.7 Å². The predicted octanol–water partition coefficient (Wildman–Crippen LogP) is 3.10. The highest BCUT2D eigenvalue weighted by atomic mass is 16.2. The third kappa shape index (κ3) is 4.98. The molecule has 2 fully saturated rings. The first-order valence-electron chi connectivity index (χ1n) is 11.2. The second kappa shape index (κ2) is 9.56.